The summed E-state index contributed by atoms with van der Waals surface area (Å²) < 4.78 is 38.2. The van der Waals surface area contributed by atoms with Crippen molar-refractivity contribution in [2.45, 2.75) is 33.5 Å². The molecule has 0 saturated carbocycles. The standard InChI is InChI=1S/C14H20F3N/c1-10(2)11(3)8-18-9-12-6-4-5-7-13(12)14(15,16)17/h4-7,10-11,18H,8-9H2,1-3H3/t11-/m1/s1. The molecular weight excluding hydrogens is 239 g/mol. The second kappa shape index (κ2) is 6.23. The van der Waals surface area contributed by atoms with Crippen molar-refractivity contribution in [3.8, 4) is 0 Å². The van der Waals surface area contributed by atoms with Gasteiger partial charge in [-0.3, -0.25) is 0 Å². The summed E-state index contributed by atoms with van der Waals surface area (Å²) in [7, 11) is 0. The molecular formula is C14H20F3N. The van der Waals surface area contributed by atoms with E-state index in [1.807, 2.05) is 0 Å². The summed E-state index contributed by atoms with van der Waals surface area (Å²) in [5.74, 6) is 0.971. The van der Waals surface area contributed by atoms with Crippen molar-refractivity contribution in [1.82, 2.24) is 5.32 Å². The van der Waals surface area contributed by atoms with Crippen LogP contribution in [0.25, 0.3) is 0 Å². The van der Waals surface area contributed by atoms with Gasteiger partial charge in [0, 0.05) is 6.54 Å². The third kappa shape index (κ3) is 4.33. The third-order valence-electron chi connectivity index (χ3n) is 3.24. The van der Waals surface area contributed by atoms with Crippen LogP contribution in [-0.2, 0) is 12.7 Å². The third-order valence-corrected chi connectivity index (χ3v) is 3.24. The van der Waals surface area contributed by atoms with E-state index in [4.69, 9.17) is 0 Å². The number of hydrogen-bond donors (Lipinski definition) is 1. The van der Waals surface area contributed by atoms with Gasteiger partial charge in [-0.15, -0.1) is 0 Å². The number of nitrogens with one attached hydrogen (secondary N) is 1. The first-order valence-corrected chi connectivity index (χ1v) is 6.18. The first-order valence-electron chi connectivity index (χ1n) is 6.18. The van der Waals surface area contributed by atoms with Crippen molar-refractivity contribution >= 4 is 0 Å². The molecule has 1 aromatic rings. The predicted molar refractivity (Wildman–Crippen MR) is 67.2 cm³/mol. The highest BCUT2D eigenvalue weighted by atomic mass is 19.4. The van der Waals surface area contributed by atoms with Crippen molar-refractivity contribution in [2.24, 2.45) is 11.8 Å². The average Bonchev–Trinajstić information content (AvgIpc) is 2.28. The number of alkyl halides is 3. The molecule has 0 amide bonds. The molecule has 1 rings (SSSR count). The summed E-state index contributed by atoms with van der Waals surface area (Å²) in [5, 5.41) is 3.10. The lowest BCUT2D eigenvalue weighted by Gasteiger charge is -2.17. The van der Waals surface area contributed by atoms with Crippen molar-refractivity contribution in [3.63, 3.8) is 0 Å². The molecule has 0 aromatic heterocycles. The van der Waals surface area contributed by atoms with Crippen molar-refractivity contribution in [3.05, 3.63) is 35.4 Å². The molecule has 0 unspecified atom stereocenters. The van der Waals surface area contributed by atoms with E-state index in [0.29, 0.717) is 17.4 Å². The molecule has 0 heterocycles. The molecule has 18 heavy (non-hydrogen) atoms. The quantitative estimate of drug-likeness (QED) is 0.840. The number of hydrogen-bond acceptors (Lipinski definition) is 1. The molecule has 0 aliphatic rings. The van der Waals surface area contributed by atoms with E-state index in [-0.39, 0.29) is 6.54 Å². The zero-order valence-corrected chi connectivity index (χ0v) is 11.0. The Morgan fingerprint density at radius 1 is 1.11 bits per heavy atom. The Morgan fingerprint density at radius 3 is 2.28 bits per heavy atom. The summed E-state index contributed by atoms with van der Waals surface area (Å²) in [4.78, 5) is 0. The van der Waals surface area contributed by atoms with Crippen LogP contribution in [0, 0.1) is 11.8 Å². The van der Waals surface area contributed by atoms with Gasteiger partial charge in [0.1, 0.15) is 0 Å². The van der Waals surface area contributed by atoms with Gasteiger partial charge in [-0.2, -0.15) is 13.2 Å². The molecule has 102 valence electrons. The highest BCUT2D eigenvalue weighted by Crippen LogP contribution is 2.31. The van der Waals surface area contributed by atoms with Gasteiger partial charge < -0.3 is 5.32 Å². The Labute approximate surface area is 106 Å². The van der Waals surface area contributed by atoms with Gasteiger partial charge in [-0.1, -0.05) is 39.0 Å². The molecule has 0 saturated heterocycles. The lowest BCUT2D eigenvalue weighted by Crippen LogP contribution is -2.25. The summed E-state index contributed by atoms with van der Waals surface area (Å²) in [6.45, 7) is 7.29. The maximum Gasteiger partial charge on any atom is 0.416 e. The SMILES string of the molecule is CC(C)[C@H](C)CNCc1ccccc1C(F)(F)F. The number of halogens is 3. The van der Waals surface area contributed by atoms with Gasteiger partial charge in [-0.25, -0.2) is 0 Å². The van der Waals surface area contributed by atoms with Gasteiger partial charge in [0.15, 0.2) is 0 Å². The van der Waals surface area contributed by atoms with Crippen LogP contribution in [-0.4, -0.2) is 6.54 Å². The van der Waals surface area contributed by atoms with Crippen LogP contribution in [0.1, 0.15) is 31.9 Å². The normalized spacial score (nSPS) is 13.9. The summed E-state index contributed by atoms with van der Waals surface area (Å²) in [5.41, 5.74) is -0.240. The maximum atomic E-state index is 12.7. The first-order chi connectivity index (χ1) is 8.32. The van der Waals surface area contributed by atoms with Crippen LogP contribution in [0.15, 0.2) is 24.3 Å². The van der Waals surface area contributed by atoms with E-state index in [1.54, 1.807) is 6.07 Å². The average molecular weight is 259 g/mol. The molecule has 4 heteroatoms. The van der Waals surface area contributed by atoms with Crippen LogP contribution in [0.5, 0.6) is 0 Å². The molecule has 0 radical (unpaired) electrons. The molecule has 1 N–H and O–H groups in total. The second-order valence-corrected chi connectivity index (χ2v) is 5.01. The highest BCUT2D eigenvalue weighted by molar-refractivity contribution is 5.29. The Hall–Kier alpha value is -1.03. The van der Waals surface area contributed by atoms with E-state index in [2.05, 4.69) is 26.1 Å². The Balaban J connectivity index is 2.63. The summed E-state index contributed by atoms with van der Waals surface area (Å²) in [6.07, 6.45) is -4.28. The fraction of sp³-hybridized carbons (Fsp3) is 0.571. The molecule has 0 aliphatic carbocycles. The van der Waals surface area contributed by atoms with Crippen molar-refractivity contribution < 1.29 is 13.2 Å². The lowest BCUT2D eigenvalue weighted by atomic mass is 9.98. The van der Waals surface area contributed by atoms with Crippen molar-refractivity contribution in [1.29, 1.82) is 0 Å². The second-order valence-electron chi connectivity index (χ2n) is 5.01. The smallest absolute Gasteiger partial charge is 0.312 e. The summed E-state index contributed by atoms with van der Waals surface area (Å²) in [6, 6.07) is 5.71. The van der Waals surface area contributed by atoms with Crippen LogP contribution in [0.4, 0.5) is 13.2 Å². The van der Waals surface area contributed by atoms with E-state index in [1.165, 1.54) is 12.1 Å². The molecule has 0 bridgehead atoms. The van der Waals surface area contributed by atoms with Gasteiger partial charge in [0.2, 0.25) is 0 Å². The minimum absolute atomic E-state index is 0.257. The number of benzene rings is 1. The van der Waals surface area contributed by atoms with Gasteiger partial charge >= 0.3 is 6.18 Å². The zero-order chi connectivity index (χ0) is 13.8. The molecule has 1 nitrogen and oxygen atoms in total. The van der Waals surface area contributed by atoms with Gasteiger partial charge in [-0.05, 0) is 30.0 Å². The highest BCUT2D eigenvalue weighted by Gasteiger charge is 2.32. The summed E-state index contributed by atoms with van der Waals surface area (Å²) >= 11 is 0. The molecule has 0 fully saturated rings. The maximum absolute atomic E-state index is 12.7. The molecule has 1 atom stereocenters. The molecule has 1 aromatic carbocycles. The zero-order valence-electron chi connectivity index (χ0n) is 11.0. The van der Waals surface area contributed by atoms with Crippen molar-refractivity contribution in [2.75, 3.05) is 6.54 Å². The first kappa shape index (κ1) is 15.0. The van der Waals surface area contributed by atoms with Gasteiger partial charge in [0.25, 0.3) is 0 Å². The fourth-order valence-electron chi connectivity index (χ4n) is 1.62. The Bertz CT molecular complexity index is 372. The van der Waals surface area contributed by atoms with E-state index >= 15 is 0 Å². The largest absolute Gasteiger partial charge is 0.416 e. The Kier molecular flexibility index (Phi) is 5.20. The Morgan fingerprint density at radius 2 is 1.72 bits per heavy atom. The topological polar surface area (TPSA) is 12.0 Å². The fourth-order valence-corrected chi connectivity index (χ4v) is 1.62. The monoisotopic (exact) mass is 259 g/mol. The number of rotatable bonds is 5. The molecule has 0 spiro atoms. The lowest BCUT2D eigenvalue weighted by molar-refractivity contribution is -0.138. The van der Waals surface area contributed by atoms with Crippen LogP contribution >= 0.6 is 0 Å². The van der Waals surface area contributed by atoms with Crippen LogP contribution < -0.4 is 5.32 Å². The van der Waals surface area contributed by atoms with Gasteiger partial charge in [0.05, 0.1) is 5.56 Å². The predicted octanol–water partition coefficient (Wildman–Crippen LogP) is 4.09. The van der Waals surface area contributed by atoms with E-state index in [9.17, 15) is 13.2 Å². The van der Waals surface area contributed by atoms with Crippen LogP contribution in [0.3, 0.4) is 0 Å². The van der Waals surface area contributed by atoms with E-state index < -0.39 is 11.7 Å². The minimum atomic E-state index is -4.28. The van der Waals surface area contributed by atoms with Crippen LogP contribution in [0.2, 0.25) is 0 Å². The minimum Gasteiger partial charge on any atom is -0.312 e. The van der Waals surface area contributed by atoms with E-state index in [0.717, 1.165) is 12.6 Å². The molecule has 0 aliphatic heterocycles.